The molecule has 2 unspecified atom stereocenters. The molecule has 0 aliphatic rings. The van der Waals surface area contributed by atoms with Gasteiger partial charge < -0.3 is 26.4 Å². The van der Waals surface area contributed by atoms with E-state index in [4.69, 9.17) is 10.8 Å². The Labute approximate surface area is 222 Å². The first-order valence-electron chi connectivity index (χ1n) is 11.7. The minimum absolute atomic E-state index is 0.161. The Morgan fingerprint density at radius 1 is 1.18 bits per heavy atom. The Morgan fingerprint density at radius 3 is 2.62 bits per heavy atom. The molecule has 2 aromatic carbocycles. The Hall–Kier alpha value is -5.05. The maximum atomic E-state index is 12.3. The average molecular weight is 535 g/mol. The number of hydrogen-bond donors (Lipinski definition) is 5. The van der Waals surface area contributed by atoms with Crippen molar-refractivity contribution in [1.29, 1.82) is 16.1 Å². The van der Waals surface area contributed by atoms with Gasteiger partial charge in [-0.15, -0.1) is 0 Å². The van der Waals surface area contributed by atoms with Crippen LogP contribution in [0.1, 0.15) is 23.9 Å². The van der Waals surface area contributed by atoms with Gasteiger partial charge in [-0.05, 0) is 29.3 Å². The van der Waals surface area contributed by atoms with Gasteiger partial charge in [-0.1, -0.05) is 42.5 Å². The van der Waals surface area contributed by atoms with Crippen molar-refractivity contribution in [3.8, 4) is 17.3 Å². The molecule has 39 heavy (non-hydrogen) atoms. The molecule has 200 valence electrons. The predicted molar refractivity (Wildman–Crippen MR) is 144 cm³/mol. The van der Waals surface area contributed by atoms with E-state index in [2.05, 4.69) is 26.3 Å². The molecule has 1 aromatic heterocycles. The van der Waals surface area contributed by atoms with Gasteiger partial charge in [-0.3, -0.25) is 4.99 Å². The highest BCUT2D eigenvalue weighted by Gasteiger charge is 2.27. The van der Waals surface area contributed by atoms with Crippen LogP contribution in [0, 0.1) is 28.1 Å². The molecule has 5 N–H and O–H groups in total. The van der Waals surface area contributed by atoms with Gasteiger partial charge in [0.15, 0.2) is 0 Å². The molecule has 0 saturated heterocycles. The topological polar surface area (TPSA) is 154 Å². The molecule has 2 amide bonds. The summed E-state index contributed by atoms with van der Waals surface area (Å²) in [5.41, 5.74) is 2.74. The zero-order valence-electron chi connectivity index (χ0n) is 20.5. The van der Waals surface area contributed by atoms with E-state index >= 15 is 0 Å². The maximum Gasteiger partial charge on any atom is 0.405 e. The SMILES string of the molecule is N#CCC(N=CC(C=N)/C(C=N)=C/c1ncc(-c2cccc(NC(=O)NCC(F)(F)F)c2)[nH]1)c1ccccc1. The van der Waals surface area contributed by atoms with Crippen molar-refractivity contribution in [2.75, 3.05) is 11.9 Å². The number of allylic oxidation sites excluding steroid dienone is 1. The van der Waals surface area contributed by atoms with Gasteiger partial charge in [0.1, 0.15) is 12.4 Å². The molecule has 0 bridgehead atoms. The third kappa shape index (κ3) is 8.78. The van der Waals surface area contributed by atoms with Crippen LogP contribution < -0.4 is 10.6 Å². The van der Waals surface area contributed by atoms with Crippen LogP contribution >= 0.6 is 0 Å². The van der Waals surface area contributed by atoms with Gasteiger partial charge >= 0.3 is 12.2 Å². The van der Waals surface area contributed by atoms with E-state index < -0.39 is 30.7 Å². The molecule has 0 fully saturated rings. The monoisotopic (exact) mass is 534 g/mol. The molecule has 2 atom stereocenters. The second-order valence-electron chi connectivity index (χ2n) is 8.25. The van der Waals surface area contributed by atoms with E-state index in [1.165, 1.54) is 18.5 Å². The molecule has 9 nitrogen and oxygen atoms in total. The number of rotatable bonds is 11. The number of nitrogens with zero attached hydrogens (tertiary/aromatic N) is 3. The number of carbonyl (C=O) groups excluding carboxylic acids is 1. The van der Waals surface area contributed by atoms with Crippen LogP contribution in [-0.4, -0.2) is 47.4 Å². The standard InChI is InChI=1S/C27H25F3N8O/c28-27(29,30)17-36-26(39)37-22-8-4-7-19(11-22)24-16-35-25(38-24)12-20(13-32)21(14-33)15-34-23(9-10-31)18-5-2-1-3-6-18/h1-8,11-16,21,23,32-33H,9,17H2,(H,35,38)(H2,36,37,39)/b20-12+,32-13?,33-14?,34-15?. The first-order chi connectivity index (χ1) is 18.7. The lowest BCUT2D eigenvalue weighted by Crippen LogP contribution is -2.36. The molecule has 1 heterocycles. The number of aromatic amines is 1. The summed E-state index contributed by atoms with van der Waals surface area (Å²) in [6.45, 7) is -1.45. The number of aromatic nitrogens is 2. The van der Waals surface area contributed by atoms with E-state index in [1.807, 2.05) is 30.3 Å². The Balaban J connectivity index is 1.75. The summed E-state index contributed by atoms with van der Waals surface area (Å²) in [6, 6.07) is 16.5. The van der Waals surface area contributed by atoms with Crippen molar-refractivity contribution in [3.63, 3.8) is 0 Å². The van der Waals surface area contributed by atoms with Crippen molar-refractivity contribution in [3.05, 3.63) is 77.8 Å². The summed E-state index contributed by atoms with van der Waals surface area (Å²) in [5, 5.41) is 29.0. The number of H-pyrrole nitrogens is 1. The summed E-state index contributed by atoms with van der Waals surface area (Å²) >= 11 is 0. The number of imidazole rings is 1. The van der Waals surface area contributed by atoms with E-state index in [0.29, 0.717) is 22.7 Å². The number of hydrogen-bond acceptors (Lipinski definition) is 6. The van der Waals surface area contributed by atoms with Gasteiger partial charge in [0.25, 0.3) is 0 Å². The normalized spacial score (nSPS) is 13.3. The summed E-state index contributed by atoms with van der Waals surface area (Å²) in [4.78, 5) is 23.6. The van der Waals surface area contributed by atoms with Crippen LogP contribution in [0.15, 0.2) is 71.4 Å². The maximum absolute atomic E-state index is 12.3. The minimum atomic E-state index is -4.52. The third-order valence-electron chi connectivity index (χ3n) is 5.41. The quantitative estimate of drug-likeness (QED) is 0.198. The van der Waals surface area contributed by atoms with Crippen molar-refractivity contribution in [1.82, 2.24) is 15.3 Å². The third-order valence-corrected chi connectivity index (χ3v) is 5.41. The molecule has 0 radical (unpaired) electrons. The molecule has 3 rings (SSSR count). The highest BCUT2D eigenvalue weighted by Crippen LogP contribution is 2.23. The molecule has 0 aliphatic heterocycles. The van der Waals surface area contributed by atoms with E-state index in [-0.39, 0.29) is 12.1 Å². The van der Waals surface area contributed by atoms with Crippen LogP contribution in [-0.2, 0) is 0 Å². The number of amides is 2. The number of nitriles is 1. The summed E-state index contributed by atoms with van der Waals surface area (Å²) < 4.78 is 36.9. The van der Waals surface area contributed by atoms with Crippen molar-refractivity contribution < 1.29 is 18.0 Å². The number of urea groups is 1. The van der Waals surface area contributed by atoms with Gasteiger partial charge in [0, 0.05) is 29.9 Å². The number of anilines is 1. The van der Waals surface area contributed by atoms with Crippen LogP contribution in [0.2, 0.25) is 0 Å². The Morgan fingerprint density at radius 2 is 1.95 bits per heavy atom. The number of nitrogens with one attached hydrogen (secondary N) is 5. The smallest absolute Gasteiger partial charge is 0.338 e. The Bertz CT molecular complexity index is 1390. The lowest BCUT2D eigenvalue weighted by Gasteiger charge is -2.11. The minimum Gasteiger partial charge on any atom is -0.338 e. The van der Waals surface area contributed by atoms with Gasteiger partial charge in [0.05, 0.1) is 36.3 Å². The lowest BCUT2D eigenvalue weighted by molar-refractivity contribution is -0.122. The highest BCUT2D eigenvalue weighted by molar-refractivity contribution is 5.99. The van der Waals surface area contributed by atoms with Crippen LogP contribution in [0.25, 0.3) is 17.3 Å². The molecule has 12 heteroatoms. The number of carbonyl (C=O) groups is 1. The second kappa shape index (κ2) is 13.5. The van der Waals surface area contributed by atoms with Gasteiger partial charge in [-0.2, -0.15) is 18.4 Å². The largest absolute Gasteiger partial charge is 0.405 e. The molecular formula is C27H25F3N8O. The first-order valence-corrected chi connectivity index (χ1v) is 11.7. The summed E-state index contributed by atoms with van der Waals surface area (Å²) in [5.74, 6) is -0.245. The van der Waals surface area contributed by atoms with Crippen molar-refractivity contribution >= 4 is 36.4 Å². The second-order valence-corrected chi connectivity index (χ2v) is 8.25. The van der Waals surface area contributed by atoms with Gasteiger partial charge in [0.2, 0.25) is 0 Å². The van der Waals surface area contributed by atoms with Crippen molar-refractivity contribution in [2.24, 2.45) is 10.9 Å². The lowest BCUT2D eigenvalue weighted by atomic mass is 10.0. The van der Waals surface area contributed by atoms with Gasteiger partial charge in [-0.25, -0.2) is 9.78 Å². The molecule has 0 aliphatic carbocycles. The molecular weight excluding hydrogens is 509 g/mol. The number of halogens is 3. The van der Waals surface area contributed by atoms with Crippen LogP contribution in [0.3, 0.4) is 0 Å². The van der Waals surface area contributed by atoms with Crippen LogP contribution in [0.5, 0.6) is 0 Å². The fourth-order valence-corrected chi connectivity index (χ4v) is 3.51. The summed E-state index contributed by atoms with van der Waals surface area (Å²) in [7, 11) is 0. The Kier molecular flexibility index (Phi) is 9.86. The highest BCUT2D eigenvalue weighted by atomic mass is 19.4. The first kappa shape index (κ1) is 28.5. The zero-order chi connectivity index (χ0) is 28.3. The van der Waals surface area contributed by atoms with E-state index in [0.717, 1.165) is 18.0 Å². The molecule has 0 saturated carbocycles. The number of aliphatic imine (C=N–C) groups is 1. The van der Waals surface area contributed by atoms with Crippen LogP contribution in [0.4, 0.5) is 23.7 Å². The van der Waals surface area contributed by atoms with Crippen molar-refractivity contribution in [2.45, 2.75) is 18.6 Å². The van der Waals surface area contributed by atoms with E-state index in [9.17, 15) is 23.2 Å². The number of alkyl halides is 3. The molecule has 0 spiro atoms. The average Bonchev–Trinajstić information content (AvgIpc) is 3.40. The van der Waals surface area contributed by atoms with E-state index in [1.54, 1.807) is 29.6 Å². The fourth-order valence-electron chi connectivity index (χ4n) is 3.51. The molecule has 3 aromatic rings. The number of benzene rings is 2. The fraction of sp³-hybridized carbons (Fsp3) is 0.185. The predicted octanol–water partition coefficient (Wildman–Crippen LogP) is 5.79. The summed E-state index contributed by atoms with van der Waals surface area (Å²) in [6.07, 6.45) is 2.52. The zero-order valence-corrected chi connectivity index (χ0v) is 20.5.